The van der Waals surface area contributed by atoms with Crippen LogP contribution in [-0.2, 0) is 9.59 Å². The van der Waals surface area contributed by atoms with E-state index in [0.29, 0.717) is 0 Å². The second-order valence-electron chi connectivity index (χ2n) is 3.04. The summed E-state index contributed by atoms with van der Waals surface area (Å²) in [5.41, 5.74) is -0.958. The molecule has 0 aliphatic heterocycles. The van der Waals surface area contributed by atoms with Gasteiger partial charge in [-0.3, -0.25) is 9.59 Å². The summed E-state index contributed by atoms with van der Waals surface area (Å²) >= 11 is 0. The van der Waals surface area contributed by atoms with Crippen molar-refractivity contribution in [2.24, 2.45) is 5.41 Å². The van der Waals surface area contributed by atoms with Gasteiger partial charge in [-0.2, -0.15) is 0 Å². The number of carbonyl (C=O) groups is 2. The van der Waals surface area contributed by atoms with Gasteiger partial charge in [-0.05, 0) is 0 Å². The smallest absolute Gasteiger partial charge is 0.304 e. The van der Waals surface area contributed by atoms with Crippen LogP contribution in [0.3, 0.4) is 0 Å². The van der Waals surface area contributed by atoms with Crippen LogP contribution in [0.1, 0.15) is 20.3 Å². The highest BCUT2D eigenvalue weighted by Crippen LogP contribution is 2.20. The van der Waals surface area contributed by atoms with Gasteiger partial charge in [-0.25, -0.2) is 0 Å². The first-order valence-electron chi connectivity index (χ1n) is 3.26. The molecule has 64 valence electrons. The van der Waals surface area contributed by atoms with Crippen molar-refractivity contribution in [2.45, 2.75) is 20.3 Å². The summed E-state index contributed by atoms with van der Waals surface area (Å²) in [6, 6.07) is 0. The summed E-state index contributed by atoms with van der Waals surface area (Å²) in [7, 11) is 0. The zero-order valence-electron chi connectivity index (χ0n) is 6.63. The van der Waals surface area contributed by atoms with Crippen molar-refractivity contribution < 1.29 is 19.8 Å². The van der Waals surface area contributed by atoms with Crippen LogP contribution >= 0.6 is 0 Å². The fraction of sp³-hybridized carbons (Fsp3) is 0.714. The third kappa shape index (κ3) is 3.13. The molecule has 0 heterocycles. The average Bonchev–Trinajstić information content (AvgIpc) is 1.83. The lowest BCUT2D eigenvalue weighted by Crippen LogP contribution is -2.29. The molecular weight excluding hydrogens is 148 g/mol. The molecule has 0 radical (unpaired) electrons. The van der Waals surface area contributed by atoms with Crippen molar-refractivity contribution in [1.82, 2.24) is 0 Å². The van der Waals surface area contributed by atoms with Crippen molar-refractivity contribution in [3.63, 3.8) is 0 Å². The molecule has 0 aromatic rings. The average molecular weight is 160 g/mol. The summed E-state index contributed by atoms with van der Waals surface area (Å²) in [5, 5.41) is 16.8. The number of carboxylic acid groups (broad SMARTS) is 1. The van der Waals surface area contributed by atoms with Gasteiger partial charge in [0.25, 0.3) is 0 Å². The van der Waals surface area contributed by atoms with Gasteiger partial charge in [0.15, 0.2) is 5.78 Å². The number of rotatable bonds is 4. The number of aliphatic carboxylic acids is 1. The molecule has 0 fully saturated rings. The number of carbonyl (C=O) groups excluding carboxylic acids is 1. The highest BCUT2D eigenvalue weighted by molar-refractivity contribution is 5.88. The normalized spacial score (nSPS) is 11.2. The number of Topliss-reactive ketones (excluding diaryl/α,β-unsaturated/α-hetero) is 1. The van der Waals surface area contributed by atoms with E-state index in [1.807, 2.05) is 0 Å². The second-order valence-corrected chi connectivity index (χ2v) is 3.04. The molecule has 2 N–H and O–H groups in total. The van der Waals surface area contributed by atoms with Crippen molar-refractivity contribution in [3.05, 3.63) is 0 Å². The zero-order chi connectivity index (χ0) is 9.07. The number of aliphatic hydroxyl groups is 1. The molecule has 0 saturated carbocycles. The Bertz CT molecular complexity index is 171. The molecule has 11 heavy (non-hydrogen) atoms. The standard InChI is InChI=1S/C7H12O4/c1-7(2,3-6(10)11)5(9)4-8/h8H,3-4H2,1-2H3,(H,10,11). The minimum Gasteiger partial charge on any atom is -0.481 e. The molecule has 0 bridgehead atoms. The van der Waals surface area contributed by atoms with Crippen molar-refractivity contribution in [2.75, 3.05) is 6.61 Å². The predicted octanol–water partition coefficient (Wildman–Crippen LogP) is 0.0487. The number of ketones is 1. The van der Waals surface area contributed by atoms with E-state index < -0.39 is 23.8 Å². The Morgan fingerprint density at radius 2 is 1.82 bits per heavy atom. The molecule has 0 unspecified atom stereocenters. The molecular formula is C7H12O4. The SMILES string of the molecule is CC(C)(CC(=O)O)C(=O)CO. The van der Waals surface area contributed by atoms with Crippen LogP contribution in [0.4, 0.5) is 0 Å². The van der Waals surface area contributed by atoms with Gasteiger partial charge in [-0.15, -0.1) is 0 Å². The third-order valence-electron chi connectivity index (χ3n) is 1.49. The van der Waals surface area contributed by atoms with Gasteiger partial charge in [0.05, 0.1) is 6.42 Å². The van der Waals surface area contributed by atoms with Crippen molar-refractivity contribution >= 4 is 11.8 Å². The van der Waals surface area contributed by atoms with E-state index in [2.05, 4.69) is 0 Å². The maximum Gasteiger partial charge on any atom is 0.304 e. The Hall–Kier alpha value is -0.900. The van der Waals surface area contributed by atoms with E-state index in [4.69, 9.17) is 10.2 Å². The summed E-state index contributed by atoms with van der Waals surface area (Å²) < 4.78 is 0. The quantitative estimate of drug-likeness (QED) is 0.609. The first-order chi connectivity index (χ1) is 4.90. The lowest BCUT2D eigenvalue weighted by molar-refractivity contribution is -0.144. The van der Waals surface area contributed by atoms with Crippen LogP contribution < -0.4 is 0 Å². The molecule has 0 saturated heterocycles. The van der Waals surface area contributed by atoms with E-state index in [0.717, 1.165) is 0 Å². The van der Waals surface area contributed by atoms with Crippen LogP contribution in [0.25, 0.3) is 0 Å². The van der Waals surface area contributed by atoms with Crippen molar-refractivity contribution in [3.8, 4) is 0 Å². The Kier molecular flexibility index (Phi) is 3.19. The monoisotopic (exact) mass is 160 g/mol. The summed E-state index contributed by atoms with van der Waals surface area (Å²) in [6.45, 7) is 2.40. The van der Waals surface area contributed by atoms with Crippen LogP contribution in [0.2, 0.25) is 0 Å². The zero-order valence-corrected chi connectivity index (χ0v) is 6.63. The lowest BCUT2D eigenvalue weighted by Gasteiger charge is -2.18. The molecule has 0 amide bonds. The van der Waals surface area contributed by atoms with Gasteiger partial charge in [0, 0.05) is 5.41 Å². The molecule has 0 rings (SSSR count). The predicted molar refractivity (Wildman–Crippen MR) is 38.1 cm³/mol. The minimum absolute atomic E-state index is 0.244. The Morgan fingerprint density at radius 1 is 1.36 bits per heavy atom. The number of carboxylic acids is 1. The lowest BCUT2D eigenvalue weighted by atomic mass is 9.85. The molecule has 0 spiro atoms. The van der Waals surface area contributed by atoms with Crippen LogP contribution in [0.15, 0.2) is 0 Å². The van der Waals surface area contributed by atoms with Gasteiger partial charge < -0.3 is 10.2 Å². The first kappa shape index (κ1) is 10.1. The van der Waals surface area contributed by atoms with Crippen LogP contribution in [0.5, 0.6) is 0 Å². The summed E-state index contributed by atoms with van der Waals surface area (Å²) in [6.07, 6.45) is -0.244. The van der Waals surface area contributed by atoms with Crippen LogP contribution in [0, 0.1) is 5.41 Å². The van der Waals surface area contributed by atoms with E-state index in [1.165, 1.54) is 13.8 Å². The second kappa shape index (κ2) is 3.48. The van der Waals surface area contributed by atoms with Gasteiger partial charge >= 0.3 is 5.97 Å². The Balaban J connectivity index is 4.21. The Morgan fingerprint density at radius 3 is 2.09 bits per heavy atom. The number of aliphatic hydroxyl groups excluding tert-OH is 1. The van der Waals surface area contributed by atoms with Crippen molar-refractivity contribution in [1.29, 1.82) is 0 Å². The maximum atomic E-state index is 10.9. The number of hydrogen-bond donors (Lipinski definition) is 2. The molecule has 0 aliphatic rings. The van der Waals surface area contributed by atoms with E-state index >= 15 is 0 Å². The third-order valence-corrected chi connectivity index (χ3v) is 1.49. The molecule has 4 heteroatoms. The Labute approximate surface area is 64.8 Å². The topological polar surface area (TPSA) is 74.6 Å². The van der Waals surface area contributed by atoms with Crippen LogP contribution in [-0.4, -0.2) is 28.6 Å². The highest BCUT2D eigenvalue weighted by Gasteiger charge is 2.29. The molecule has 0 aromatic carbocycles. The molecule has 0 aromatic heterocycles. The van der Waals surface area contributed by atoms with Gasteiger partial charge in [0.1, 0.15) is 6.61 Å². The molecule has 0 aliphatic carbocycles. The highest BCUT2D eigenvalue weighted by atomic mass is 16.4. The molecule has 4 nitrogen and oxygen atoms in total. The largest absolute Gasteiger partial charge is 0.481 e. The minimum atomic E-state index is -1.03. The van der Waals surface area contributed by atoms with Gasteiger partial charge in [0.2, 0.25) is 0 Å². The summed E-state index contributed by atoms with van der Waals surface area (Å²) in [4.78, 5) is 21.1. The number of hydrogen-bond acceptors (Lipinski definition) is 3. The van der Waals surface area contributed by atoms with E-state index in [9.17, 15) is 9.59 Å². The van der Waals surface area contributed by atoms with Gasteiger partial charge in [-0.1, -0.05) is 13.8 Å². The fourth-order valence-electron chi connectivity index (χ4n) is 0.691. The maximum absolute atomic E-state index is 10.9. The van der Waals surface area contributed by atoms with E-state index in [-0.39, 0.29) is 6.42 Å². The molecule has 0 atom stereocenters. The first-order valence-corrected chi connectivity index (χ1v) is 3.26. The fourth-order valence-corrected chi connectivity index (χ4v) is 0.691. The van der Waals surface area contributed by atoms with E-state index in [1.54, 1.807) is 0 Å². The summed E-state index contributed by atoms with van der Waals surface area (Å²) in [5.74, 6) is -1.48.